The van der Waals surface area contributed by atoms with Crippen LogP contribution in [-0.4, -0.2) is 45.1 Å². The second-order valence-corrected chi connectivity index (χ2v) is 7.50. The van der Waals surface area contributed by atoms with Gasteiger partial charge in [0.25, 0.3) is 0 Å². The molecule has 158 valence electrons. The Labute approximate surface area is 179 Å². The van der Waals surface area contributed by atoms with Crippen LogP contribution >= 0.6 is 11.3 Å². The Bertz CT molecular complexity index is 997. The van der Waals surface area contributed by atoms with Crippen molar-refractivity contribution < 1.29 is 9.53 Å². The molecule has 0 aromatic carbocycles. The number of aliphatic imine (C=N–C) groups is 1. The van der Waals surface area contributed by atoms with E-state index in [-0.39, 0.29) is 12.0 Å². The zero-order chi connectivity index (χ0) is 21.5. The molecule has 3 heterocycles. The Balaban J connectivity index is 1.58. The van der Waals surface area contributed by atoms with Crippen molar-refractivity contribution in [1.82, 2.24) is 30.2 Å². The monoisotopic (exact) mass is 427 g/mol. The Kier molecular flexibility index (Phi) is 7.12. The summed E-state index contributed by atoms with van der Waals surface area (Å²) in [5.41, 5.74) is 1.69. The normalized spacial score (nSPS) is 12.5. The second-order valence-electron chi connectivity index (χ2n) is 6.47. The second kappa shape index (κ2) is 9.97. The zero-order valence-corrected chi connectivity index (χ0v) is 18.2. The van der Waals surface area contributed by atoms with Crippen molar-refractivity contribution in [3.8, 4) is 5.82 Å². The summed E-state index contributed by atoms with van der Waals surface area (Å²) in [6, 6.07) is 3.82. The molecule has 0 amide bonds. The van der Waals surface area contributed by atoms with Crippen LogP contribution in [0.15, 0.2) is 42.0 Å². The number of nitrogens with zero attached hydrogens (tertiary/aromatic N) is 5. The largest absolute Gasteiger partial charge is 0.462 e. The Morgan fingerprint density at radius 3 is 2.87 bits per heavy atom. The third kappa shape index (κ3) is 5.20. The topological polar surface area (TPSA) is 106 Å². The number of esters is 1. The van der Waals surface area contributed by atoms with Gasteiger partial charge in [-0.2, -0.15) is 0 Å². The number of aromatic nitrogens is 4. The zero-order valence-electron chi connectivity index (χ0n) is 17.4. The van der Waals surface area contributed by atoms with E-state index in [1.807, 2.05) is 42.9 Å². The summed E-state index contributed by atoms with van der Waals surface area (Å²) in [5, 5.41) is 7.37. The molecule has 10 heteroatoms. The number of ether oxygens (including phenoxy) is 1. The Hall–Kier alpha value is -3.27. The summed E-state index contributed by atoms with van der Waals surface area (Å²) < 4.78 is 6.93. The van der Waals surface area contributed by atoms with Crippen molar-refractivity contribution >= 4 is 23.3 Å². The van der Waals surface area contributed by atoms with Gasteiger partial charge in [0.2, 0.25) is 0 Å². The van der Waals surface area contributed by atoms with E-state index >= 15 is 0 Å². The average Bonchev–Trinajstić information content (AvgIpc) is 3.41. The number of carbonyl (C=O) groups is 1. The van der Waals surface area contributed by atoms with Crippen LogP contribution in [0.5, 0.6) is 0 Å². The molecule has 0 radical (unpaired) electrons. The van der Waals surface area contributed by atoms with Gasteiger partial charge in [0.1, 0.15) is 22.0 Å². The lowest BCUT2D eigenvalue weighted by atomic mass is 10.3. The highest BCUT2D eigenvalue weighted by Gasteiger charge is 2.20. The Morgan fingerprint density at radius 2 is 2.23 bits per heavy atom. The van der Waals surface area contributed by atoms with Crippen LogP contribution in [0.25, 0.3) is 5.82 Å². The van der Waals surface area contributed by atoms with E-state index in [2.05, 4.69) is 30.6 Å². The van der Waals surface area contributed by atoms with E-state index in [0.717, 1.165) is 16.4 Å². The van der Waals surface area contributed by atoms with E-state index in [4.69, 9.17) is 4.74 Å². The fourth-order valence-corrected chi connectivity index (χ4v) is 3.67. The molecule has 1 unspecified atom stereocenters. The van der Waals surface area contributed by atoms with Crippen molar-refractivity contribution in [2.45, 2.75) is 33.4 Å². The average molecular weight is 428 g/mol. The molecular weight excluding hydrogens is 402 g/mol. The highest BCUT2D eigenvalue weighted by atomic mass is 32.1. The molecule has 0 aliphatic heterocycles. The van der Waals surface area contributed by atoms with Crippen LogP contribution in [0.1, 0.15) is 45.8 Å². The molecule has 30 heavy (non-hydrogen) atoms. The highest BCUT2D eigenvalue weighted by molar-refractivity contribution is 7.13. The van der Waals surface area contributed by atoms with Gasteiger partial charge in [-0.25, -0.2) is 19.7 Å². The van der Waals surface area contributed by atoms with Crippen molar-refractivity contribution in [3.05, 3.63) is 58.2 Å². The van der Waals surface area contributed by atoms with Gasteiger partial charge < -0.3 is 15.4 Å². The first kappa shape index (κ1) is 21.4. The number of pyridine rings is 1. The lowest BCUT2D eigenvalue weighted by Crippen LogP contribution is -2.38. The summed E-state index contributed by atoms with van der Waals surface area (Å²) >= 11 is 1.33. The standard InChI is InChI=1S/C20H25N7O2S/c1-5-29-19(28)17-13(2)25-18(30-17)14(3)26-20(21-4)24-11-15-6-7-16(23-10-15)27-9-8-22-12-27/h6-10,12,14H,5,11H2,1-4H3,(H2,21,24,26). The van der Waals surface area contributed by atoms with Crippen molar-refractivity contribution in [2.75, 3.05) is 13.7 Å². The summed E-state index contributed by atoms with van der Waals surface area (Å²) in [6.07, 6.45) is 7.09. The molecule has 0 fully saturated rings. The maximum absolute atomic E-state index is 12.0. The number of hydrogen-bond donors (Lipinski definition) is 2. The number of rotatable bonds is 7. The van der Waals surface area contributed by atoms with Crippen molar-refractivity contribution in [1.29, 1.82) is 0 Å². The van der Waals surface area contributed by atoms with Crippen LogP contribution in [-0.2, 0) is 11.3 Å². The minimum absolute atomic E-state index is 0.121. The van der Waals surface area contributed by atoms with Crippen LogP contribution in [0.3, 0.4) is 0 Å². The molecule has 3 aromatic heterocycles. The van der Waals surface area contributed by atoms with Gasteiger partial charge in [0.15, 0.2) is 5.96 Å². The number of nitrogens with one attached hydrogen (secondary N) is 2. The Morgan fingerprint density at radius 1 is 1.40 bits per heavy atom. The smallest absolute Gasteiger partial charge is 0.350 e. The van der Waals surface area contributed by atoms with Crippen LogP contribution in [0, 0.1) is 6.92 Å². The van der Waals surface area contributed by atoms with Crippen LogP contribution < -0.4 is 10.6 Å². The van der Waals surface area contributed by atoms with Crippen LogP contribution in [0.2, 0.25) is 0 Å². The van der Waals surface area contributed by atoms with E-state index < -0.39 is 0 Å². The van der Waals surface area contributed by atoms with Gasteiger partial charge in [-0.1, -0.05) is 6.07 Å². The molecule has 0 spiro atoms. The summed E-state index contributed by atoms with van der Waals surface area (Å²) in [7, 11) is 1.71. The molecule has 0 aliphatic rings. The molecule has 1 atom stereocenters. The molecule has 0 saturated carbocycles. The van der Waals surface area contributed by atoms with Gasteiger partial charge in [-0.15, -0.1) is 11.3 Å². The van der Waals surface area contributed by atoms with Gasteiger partial charge in [0.05, 0.1) is 18.3 Å². The number of hydrogen-bond acceptors (Lipinski definition) is 7. The fourth-order valence-electron chi connectivity index (χ4n) is 2.70. The number of imidazole rings is 1. The first-order valence-electron chi connectivity index (χ1n) is 9.56. The van der Waals surface area contributed by atoms with Crippen LogP contribution in [0.4, 0.5) is 0 Å². The lowest BCUT2D eigenvalue weighted by molar-refractivity contribution is 0.0531. The fraction of sp³-hybridized carbons (Fsp3) is 0.350. The molecule has 2 N–H and O–H groups in total. The maximum atomic E-state index is 12.0. The molecule has 0 bridgehead atoms. The number of thiazole rings is 1. The molecule has 0 aliphatic carbocycles. The molecule has 3 rings (SSSR count). The van der Waals surface area contributed by atoms with Gasteiger partial charge in [-0.3, -0.25) is 9.56 Å². The molecule has 3 aromatic rings. The highest BCUT2D eigenvalue weighted by Crippen LogP contribution is 2.24. The predicted octanol–water partition coefficient (Wildman–Crippen LogP) is 2.64. The SMILES string of the molecule is CCOC(=O)c1sc(C(C)NC(=NC)NCc2ccc(-n3ccnc3)nc2)nc1C. The summed E-state index contributed by atoms with van der Waals surface area (Å²) in [6.45, 7) is 6.48. The molecule has 0 saturated heterocycles. The van der Waals surface area contributed by atoms with Crippen molar-refractivity contribution in [2.24, 2.45) is 4.99 Å². The lowest BCUT2D eigenvalue weighted by Gasteiger charge is -2.16. The van der Waals surface area contributed by atoms with Crippen molar-refractivity contribution in [3.63, 3.8) is 0 Å². The first-order chi connectivity index (χ1) is 14.5. The van der Waals surface area contributed by atoms with E-state index in [9.17, 15) is 4.79 Å². The number of guanidine groups is 1. The third-order valence-corrected chi connectivity index (χ3v) is 5.58. The summed E-state index contributed by atoms with van der Waals surface area (Å²) in [5.74, 6) is 1.11. The number of carbonyl (C=O) groups excluding carboxylic acids is 1. The summed E-state index contributed by atoms with van der Waals surface area (Å²) in [4.78, 5) is 29.8. The minimum atomic E-state index is -0.333. The van der Waals surface area contributed by atoms with E-state index in [1.54, 1.807) is 26.5 Å². The predicted molar refractivity (Wildman–Crippen MR) is 116 cm³/mol. The molecular formula is C20H25N7O2S. The molecule has 9 nitrogen and oxygen atoms in total. The minimum Gasteiger partial charge on any atom is -0.462 e. The van der Waals surface area contributed by atoms with Gasteiger partial charge in [-0.05, 0) is 32.4 Å². The van der Waals surface area contributed by atoms with E-state index in [0.29, 0.717) is 29.7 Å². The number of aryl methyl sites for hydroxylation is 1. The van der Waals surface area contributed by atoms with E-state index in [1.165, 1.54) is 11.3 Å². The van der Waals surface area contributed by atoms with Gasteiger partial charge in [0, 0.05) is 32.2 Å². The maximum Gasteiger partial charge on any atom is 0.350 e. The quantitative estimate of drug-likeness (QED) is 0.339. The first-order valence-corrected chi connectivity index (χ1v) is 10.4. The third-order valence-electron chi connectivity index (χ3n) is 4.26. The van der Waals surface area contributed by atoms with Gasteiger partial charge >= 0.3 is 5.97 Å².